The van der Waals surface area contributed by atoms with Crippen molar-refractivity contribution in [3.8, 4) is 17.0 Å². The number of pyridine rings is 1. The van der Waals surface area contributed by atoms with Crippen molar-refractivity contribution in [3.63, 3.8) is 0 Å². The summed E-state index contributed by atoms with van der Waals surface area (Å²) >= 11 is 0. The Hall–Kier alpha value is -2.55. The number of aromatic nitrogens is 1. The lowest BCUT2D eigenvalue weighted by atomic mass is 9.95. The molecule has 1 saturated carbocycles. The lowest BCUT2D eigenvalue weighted by Crippen LogP contribution is -2.20. The molecule has 23 heavy (non-hydrogen) atoms. The van der Waals surface area contributed by atoms with Crippen molar-refractivity contribution in [2.45, 2.75) is 18.8 Å². The van der Waals surface area contributed by atoms with E-state index < -0.39 is 0 Å². The van der Waals surface area contributed by atoms with E-state index in [1.54, 1.807) is 11.7 Å². The monoisotopic (exact) mass is 305 g/mol. The van der Waals surface area contributed by atoms with Crippen LogP contribution in [0.2, 0.25) is 0 Å². The van der Waals surface area contributed by atoms with Crippen LogP contribution in [-0.2, 0) is 7.05 Å². The molecule has 0 N–H and O–H groups in total. The van der Waals surface area contributed by atoms with Gasteiger partial charge in [0.05, 0.1) is 12.8 Å². The molecule has 0 bridgehead atoms. The molecule has 2 aromatic carbocycles. The van der Waals surface area contributed by atoms with Gasteiger partial charge in [-0.2, -0.15) is 0 Å². The van der Waals surface area contributed by atoms with Gasteiger partial charge in [-0.15, -0.1) is 0 Å². The zero-order chi connectivity index (χ0) is 16.0. The molecule has 0 radical (unpaired) electrons. The maximum atomic E-state index is 12.8. The molecule has 1 aliphatic rings. The van der Waals surface area contributed by atoms with Crippen LogP contribution < -0.4 is 10.3 Å². The second kappa shape index (κ2) is 5.27. The van der Waals surface area contributed by atoms with Crippen molar-refractivity contribution < 1.29 is 4.74 Å². The topological polar surface area (TPSA) is 31.2 Å². The van der Waals surface area contributed by atoms with E-state index in [1.807, 2.05) is 43.4 Å². The summed E-state index contributed by atoms with van der Waals surface area (Å²) in [5, 5.41) is 1.81. The average Bonchev–Trinajstić information content (AvgIpc) is 3.43. The zero-order valence-corrected chi connectivity index (χ0v) is 13.4. The second-order valence-corrected chi connectivity index (χ2v) is 6.18. The number of ether oxygens (including phenoxy) is 1. The summed E-state index contributed by atoms with van der Waals surface area (Å²) in [5.74, 6) is 1.33. The molecule has 1 heterocycles. The molecule has 1 fully saturated rings. The van der Waals surface area contributed by atoms with Gasteiger partial charge in [0.2, 0.25) is 0 Å². The predicted octanol–water partition coefficient (Wildman–Crippen LogP) is 4.09. The molecular weight excluding hydrogens is 286 g/mol. The highest BCUT2D eigenvalue weighted by Gasteiger charge is 2.30. The molecule has 0 atom stereocenters. The molecule has 116 valence electrons. The molecule has 1 aromatic heterocycles. The number of fused-ring (bicyclic) bond motifs is 1. The Morgan fingerprint density at radius 2 is 1.78 bits per heavy atom. The van der Waals surface area contributed by atoms with E-state index in [9.17, 15) is 4.79 Å². The summed E-state index contributed by atoms with van der Waals surface area (Å²) in [6, 6.07) is 16.0. The average molecular weight is 305 g/mol. The lowest BCUT2D eigenvalue weighted by molar-refractivity contribution is 0.415. The van der Waals surface area contributed by atoms with E-state index in [-0.39, 0.29) is 5.56 Å². The van der Waals surface area contributed by atoms with Gasteiger partial charge in [-0.25, -0.2) is 0 Å². The van der Waals surface area contributed by atoms with E-state index in [1.165, 1.54) is 18.4 Å². The molecule has 1 aliphatic carbocycles. The third kappa shape index (κ3) is 2.24. The Bertz CT molecular complexity index is 937. The van der Waals surface area contributed by atoms with Crippen LogP contribution in [0.15, 0.2) is 53.3 Å². The fourth-order valence-corrected chi connectivity index (χ4v) is 3.38. The van der Waals surface area contributed by atoms with Gasteiger partial charge in [0.1, 0.15) is 5.75 Å². The third-order valence-electron chi connectivity index (χ3n) is 4.68. The van der Waals surface area contributed by atoms with E-state index in [0.29, 0.717) is 5.92 Å². The van der Waals surface area contributed by atoms with Crippen LogP contribution in [0.25, 0.3) is 22.0 Å². The maximum absolute atomic E-state index is 12.8. The van der Waals surface area contributed by atoms with Crippen LogP contribution in [0.1, 0.15) is 24.3 Å². The number of rotatable bonds is 3. The zero-order valence-electron chi connectivity index (χ0n) is 13.4. The van der Waals surface area contributed by atoms with E-state index in [4.69, 9.17) is 4.74 Å². The van der Waals surface area contributed by atoms with Gasteiger partial charge < -0.3 is 9.30 Å². The highest BCUT2D eigenvalue weighted by Crippen LogP contribution is 2.47. The summed E-state index contributed by atoms with van der Waals surface area (Å²) < 4.78 is 7.19. The van der Waals surface area contributed by atoms with Gasteiger partial charge in [0.15, 0.2) is 0 Å². The quantitative estimate of drug-likeness (QED) is 0.730. The Balaban J connectivity index is 2.15. The van der Waals surface area contributed by atoms with E-state index >= 15 is 0 Å². The second-order valence-electron chi connectivity index (χ2n) is 6.18. The summed E-state index contributed by atoms with van der Waals surface area (Å²) in [4.78, 5) is 12.8. The molecule has 4 rings (SSSR count). The normalized spacial score (nSPS) is 14.2. The first-order valence-corrected chi connectivity index (χ1v) is 7.96. The van der Waals surface area contributed by atoms with Crippen molar-refractivity contribution in [2.75, 3.05) is 7.11 Å². The molecule has 0 aliphatic heterocycles. The fourth-order valence-electron chi connectivity index (χ4n) is 3.38. The fraction of sp³-hybridized carbons (Fsp3) is 0.250. The van der Waals surface area contributed by atoms with Crippen molar-refractivity contribution in [1.29, 1.82) is 0 Å². The lowest BCUT2D eigenvalue weighted by Gasteiger charge is -2.18. The van der Waals surface area contributed by atoms with E-state index in [0.717, 1.165) is 27.8 Å². The smallest absolute Gasteiger partial charge is 0.258 e. The molecule has 0 unspecified atom stereocenters. The Labute approximate surface area is 135 Å². The molecule has 3 aromatic rings. The summed E-state index contributed by atoms with van der Waals surface area (Å²) in [5.41, 5.74) is 3.47. The minimum absolute atomic E-state index is 0.0471. The van der Waals surface area contributed by atoms with Gasteiger partial charge in [-0.3, -0.25) is 4.79 Å². The van der Waals surface area contributed by atoms with Gasteiger partial charge >= 0.3 is 0 Å². The standard InChI is InChI=1S/C20H19NO2/c1-21-19(14-6-4-3-5-7-14)18(13-8-9-13)17-12-15(23-2)10-11-16(17)20(21)22/h3-7,10-13H,8-9H2,1-2H3. The van der Waals surface area contributed by atoms with Gasteiger partial charge in [-0.05, 0) is 53.5 Å². The summed E-state index contributed by atoms with van der Waals surface area (Å²) in [7, 11) is 3.54. The molecule has 0 saturated heterocycles. The third-order valence-corrected chi connectivity index (χ3v) is 4.68. The predicted molar refractivity (Wildman–Crippen MR) is 93.2 cm³/mol. The largest absolute Gasteiger partial charge is 0.497 e. The summed E-state index contributed by atoms with van der Waals surface area (Å²) in [6.07, 6.45) is 2.37. The Morgan fingerprint density at radius 1 is 1.04 bits per heavy atom. The number of methoxy groups -OCH3 is 1. The Kier molecular flexibility index (Phi) is 3.22. The van der Waals surface area contributed by atoms with Crippen molar-refractivity contribution in [2.24, 2.45) is 7.05 Å². The summed E-state index contributed by atoms with van der Waals surface area (Å²) in [6.45, 7) is 0. The number of hydrogen-bond donors (Lipinski definition) is 0. The van der Waals surface area contributed by atoms with Crippen LogP contribution in [0.3, 0.4) is 0 Å². The minimum Gasteiger partial charge on any atom is -0.497 e. The highest BCUT2D eigenvalue weighted by molar-refractivity contribution is 5.92. The molecule has 0 spiro atoms. The number of hydrogen-bond acceptors (Lipinski definition) is 2. The van der Waals surface area contributed by atoms with Crippen LogP contribution >= 0.6 is 0 Å². The van der Waals surface area contributed by atoms with Crippen molar-refractivity contribution in [3.05, 3.63) is 64.4 Å². The van der Waals surface area contributed by atoms with Crippen molar-refractivity contribution in [1.82, 2.24) is 4.57 Å². The molecular formula is C20H19NO2. The van der Waals surface area contributed by atoms with Gasteiger partial charge in [-0.1, -0.05) is 30.3 Å². The molecule has 3 nitrogen and oxygen atoms in total. The number of benzene rings is 2. The first kappa shape index (κ1) is 14.1. The maximum Gasteiger partial charge on any atom is 0.258 e. The minimum atomic E-state index is 0.0471. The van der Waals surface area contributed by atoms with Gasteiger partial charge in [0, 0.05) is 12.4 Å². The molecule has 3 heteroatoms. The van der Waals surface area contributed by atoms with Crippen LogP contribution in [0.5, 0.6) is 5.75 Å². The van der Waals surface area contributed by atoms with Gasteiger partial charge in [0.25, 0.3) is 5.56 Å². The highest BCUT2D eigenvalue weighted by atomic mass is 16.5. The van der Waals surface area contributed by atoms with Crippen LogP contribution in [0.4, 0.5) is 0 Å². The Morgan fingerprint density at radius 3 is 2.43 bits per heavy atom. The van der Waals surface area contributed by atoms with Crippen molar-refractivity contribution >= 4 is 10.8 Å². The van der Waals surface area contributed by atoms with E-state index in [2.05, 4.69) is 12.1 Å². The first-order valence-electron chi connectivity index (χ1n) is 7.96. The van der Waals surface area contributed by atoms with Crippen LogP contribution in [0, 0.1) is 0 Å². The van der Waals surface area contributed by atoms with Crippen LogP contribution in [-0.4, -0.2) is 11.7 Å². The first-order chi connectivity index (χ1) is 11.2. The molecule has 0 amide bonds. The number of nitrogens with zero attached hydrogens (tertiary/aromatic N) is 1. The SMILES string of the molecule is COc1ccc2c(=O)n(C)c(-c3ccccc3)c(C3CC3)c2c1.